The van der Waals surface area contributed by atoms with E-state index < -0.39 is 10.0 Å². The van der Waals surface area contributed by atoms with Crippen molar-refractivity contribution in [1.82, 2.24) is 0 Å². The van der Waals surface area contributed by atoms with Gasteiger partial charge in [-0.2, -0.15) is 0 Å². The van der Waals surface area contributed by atoms with E-state index in [1.165, 1.54) is 12.1 Å². The quantitative estimate of drug-likeness (QED) is 0.412. The van der Waals surface area contributed by atoms with Crippen LogP contribution in [0.1, 0.15) is 6.92 Å². The SMILES string of the molecule is CCOc1ccccc1NC(=S)Nc1ccc(S(=O)(=O)Nc2cccc(Cl)c2)cc1. The van der Waals surface area contributed by atoms with Crippen molar-refractivity contribution in [3.8, 4) is 5.75 Å². The van der Waals surface area contributed by atoms with Gasteiger partial charge in [0, 0.05) is 10.7 Å². The van der Waals surface area contributed by atoms with E-state index in [0.717, 1.165) is 5.69 Å². The number of anilines is 3. The van der Waals surface area contributed by atoms with Gasteiger partial charge in [-0.25, -0.2) is 8.42 Å². The van der Waals surface area contributed by atoms with Crippen LogP contribution in [-0.2, 0) is 10.0 Å². The number of halogens is 1. The molecule has 0 aliphatic heterocycles. The molecule has 30 heavy (non-hydrogen) atoms. The summed E-state index contributed by atoms with van der Waals surface area (Å²) in [5.74, 6) is 0.692. The first-order chi connectivity index (χ1) is 14.4. The Morgan fingerprint density at radius 1 is 0.967 bits per heavy atom. The first-order valence-electron chi connectivity index (χ1n) is 9.05. The number of hydrogen-bond donors (Lipinski definition) is 3. The smallest absolute Gasteiger partial charge is 0.261 e. The minimum absolute atomic E-state index is 0.119. The highest BCUT2D eigenvalue weighted by molar-refractivity contribution is 7.92. The molecule has 0 unspecified atom stereocenters. The molecule has 0 aromatic heterocycles. The standard InChI is InChI=1S/C21H20ClN3O3S2/c1-2-28-20-9-4-3-8-19(20)24-21(29)23-16-10-12-18(13-11-16)30(26,27)25-17-7-5-6-15(22)14-17/h3-14,25H,2H2,1H3,(H2,23,24,29). The van der Waals surface area contributed by atoms with Crippen LogP contribution in [0.4, 0.5) is 17.1 Å². The van der Waals surface area contributed by atoms with E-state index in [9.17, 15) is 8.42 Å². The van der Waals surface area contributed by atoms with Gasteiger partial charge in [0.1, 0.15) is 5.75 Å². The van der Waals surface area contributed by atoms with Crippen molar-refractivity contribution in [2.75, 3.05) is 22.0 Å². The third kappa shape index (κ3) is 5.85. The molecule has 0 bridgehead atoms. The van der Waals surface area contributed by atoms with E-state index in [0.29, 0.717) is 33.9 Å². The Kier molecular flexibility index (Phi) is 7.15. The molecule has 3 aromatic rings. The first kappa shape index (κ1) is 21.9. The molecule has 0 saturated carbocycles. The monoisotopic (exact) mass is 461 g/mol. The summed E-state index contributed by atoms with van der Waals surface area (Å²) in [5, 5.41) is 6.91. The lowest BCUT2D eigenvalue weighted by Crippen LogP contribution is -2.19. The molecular weight excluding hydrogens is 442 g/mol. The Labute approximate surface area is 186 Å². The van der Waals surface area contributed by atoms with Gasteiger partial charge in [0.05, 0.1) is 22.9 Å². The second-order valence-electron chi connectivity index (χ2n) is 6.15. The lowest BCUT2D eigenvalue weighted by atomic mass is 10.3. The molecule has 0 radical (unpaired) electrons. The van der Waals surface area contributed by atoms with E-state index in [1.807, 2.05) is 31.2 Å². The van der Waals surface area contributed by atoms with Crippen LogP contribution in [0.5, 0.6) is 5.75 Å². The summed E-state index contributed by atoms with van der Waals surface area (Å²) in [6.07, 6.45) is 0. The second-order valence-corrected chi connectivity index (χ2v) is 8.68. The topological polar surface area (TPSA) is 79.5 Å². The molecule has 0 aliphatic carbocycles. The Morgan fingerprint density at radius 2 is 1.70 bits per heavy atom. The predicted molar refractivity (Wildman–Crippen MR) is 126 cm³/mol. The van der Waals surface area contributed by atoms with Crippen LogP contribution < -0.4 is 20.1 Å². The normalized spacial score (nSPS) is 10.9. The minimum Gasteiger partial charge on any atom is -0.492 e. The average molecular weight is 462 g/mol. The predicted octanol–water partition coefficient (Wildman–Crippen LogP) is 5.35. The van der Waals surface area contributed by atoms with Gasteiger partial charge < -0.3 is 15.4 Å². The van der Waals surface area contributed by atoms with Gasteiger partial charge in [-0.3, -0.25) is 4.72 Å². The van der Waals surface area contributed by atoms with Crippen LogP contribution in [-0.4, -0.2) is 20.1 Å². The Balaban J connectivity index is 1.66. The van der Waals surface area contributed by atoms with Crippen LogP contribution in [0.15, 0.2) is 77.7 Å². The number of para-hydroxylation sites is 2. The number of hydrogen-bond acceptors (Lipinski definition) is 4. The molecule has 6 nitrogen and oxygen atoms in total. The lowest BCUT2D eigenvalue weighted by molar-refractivity contribution is 0.342. The highest BCUT2D eigenvalue weighted by Crippen LogP contribution is 2.24. The van der Waals surface area contributed by atoms with Gasteiger partial charge in [0.2, 0.25) is 0 Å². The molecule has 156 valence electrons. The molecule has 0 saturated heterocycles. The van der Waals surface area contributed by atoms with E-state index in [-0.39, 0.29) is 4.90 Å². The molecule has 3 rings (SSSR count). The molecular formula is C21H20ClN3O3S2. The van der Waals surface area contributed by atoms with Gasteiger partial charge in [-0.1, -0.05) is 29.8 Å². The zero-order chi connectivity index (χ0) is 21.6. The number of thiocarbonyl (C=S) groups is 1. The van der Waals surface area contributed by atoms with Gasteiger partial charge in [0.25, 0.3) is 10.0 Å². The van der Waals surface area contributed by atoms with Crippen LogP contribution in [0, 0.1) is 0 Å². The maximum Gasteiger partial charge on any atom is 0.261 e. The number of benzene rings is 3. The maximum absolute atomic E-state index is 12.6. The summed E-state index contributed by atoms with van der Waals surface area (Å²) in [6, 6.07) is 20.2. The summed E-state index contributed by atoms with van der Waals surface area (Å²) < 4.78 is 33.2. The van der Waals surface area contributed by atoms with Crippen molar-refractivity contribution in [2.24, 2.45) is 0 Å². The molecule has 0 atom stereocenters. The fraction of sp³-hybridized carbons (Fsp3) is 0.0952. The lowest BCUT2D eigenvalue weighted by Gasteiger charge is -2.14. The van der Waals surface area contributed by atoms with Crippen LogP contribution in [0.3, 0.4) is 0 Å². The Morgan fingerprint density at radius 3 is 2.40 bits per heavy atom. The molecule has 0 spiro atoms. The van der Waals surface area contributed by atoms with Crippen LogP contribution >= 0.6 is 23.8 Å². The molecule has 3 aromatic carbocycles. The minimum atomic E-state index is -3.74. The average Bonchev–Trinajstić information content (AvgIpc) is 2.70. The summed E-state index contributed by atoms with van der Waals surface area (Å²) in [4.78, 5) is 0.119. The molecule has 0 heterocycles. The second kappa shape index (κ2) is 9.80. The van der Waals surface area contributed by atoms with Crippen LogP contribution in [0.2, 0.25) is 5.02 Å². The number of sulfonamides is 1. The van der Waals surface area contributed by atoms with Crippen LogP contribution in [0.25, 0.3) is 0 Å². The van der Waals surface area contributed by atoms with E-state index in [1.54, 1.807) is 36.4 Å². The van der Waals surface area contributed by atoms with Crippen molar-refractivity contribution >= 4 is 56.0 Å². The third-order valence-corrected chi connectivity index (χ3v) is 5.77. The zero-order valence-corrected chi connectivity index (χ0v) is 18.4. The maximum atomic E-state index is 12.6. The highest BCUT2D eigenvalue weighted by Gasteiger charge is 2.14. The van der Waals surface area contributed by atoms with Crippen molar-refractivity contribution in [1.29, 1.82) is 0 Å². The van der Waals surface area contributed by atoms with Gasteiger partial charge in [-0.05, 0) is 73.7 Å². The number of nitrogens with one attached hydrogen (secondary N) is 3. The zero-order valence-electron chi connectivity index (χ0n) is 16.1. The van der Waals surface area contributed by atoms with Gasteiger partial charge in [0.15, 0.2) is 5.11 Å². The van der Waals surface area contributed by atoms with Crippen molar-refractivity contribution in [3.63, 3.8) is 0 Å². The van der Waals surface area contributed by atoms with E-state index >= 15 is 0 Å². The molecule has 0 aliphatic rings. The summed E-state index contributed by atoms with van der Waals surface area (Å²) in [6.45, 7) is 2.45. The fourth-order valence-corrected chi connectivity index (χ4v) is 4.09. The number of ether oxygens (including phenoxy) is 1. The van der Waals surface area contributed by atoms with Crippen molar-refractivity contribution in [3.05, 3.63) is 77.8 Å². The fourth-order valence-electron chi connectivity index (χ4n) is 2.62. The Hall–Kier alpha value is -2.81. The first-order valence-corrected chi connectivity index (χ1v) is 11.3. The number of rotatable bonds is 7. The third-order valence-electron chi connectivity index (χ3n) is 3.93. The van der Waals surface area contributed by atoms with Crippen molar-refractivity contribution in [2.45, 2.75) is 11.8 Å². The van der Waals surface area contributed by atoms with Gasteiger partial charge in [-0.15, -0.1) is 0 Å². The summed E-state index contributed by atoms with van der Waals surface area (Å²) in [5.41, 5.74) is 1.77. The van der Waals surface area contributed by atoms with E-state index in [4.69, 9.17) is 28.6 Å². The highest BCUT2D eigenvalue weighted by atomic mass is 35.5. The molecule has 0 fully saturated rings. The summed E-state index contributed by atoms with van der Waals surface area (Å²) >= 11 is 11.3. The van der Waals surface area contributed by atoms with Gasteiger partial charge >= 0.3 is 0 Å². The van der Waals surface area contributed by atoms with E-state index in [2.05, 4.69) is 15.4 Å². The molecule has 3 N–H and O–H groups in total. The molecule has 9 heteroatoms. The van der Waals surface area contributed by atoms with Crippen molar-refractivity contribution < 1.29 is 13.2 Å². The summed E-state index contributed by atoms with van der Waals surface area (Å²) in [7, 11) is -3.74. The Bertz CT molecular complexity index is 1140. The largest absolute Gasteiger partial charge is 0.492 e. The molecule has 0 amide bonds.